The van der Waals surface area contributed by atoms with Gasteiger partial charge in [0.1, 0.15) is 5.75 Å². The third-order valence-electron chi connectivity index (χ3n) is 2.26. The molecule has 1 atom stereocenters. The maximum Gasteiger partial charge on any atom is 0.120 e. The van der Waals surface area contributed by atoms with Gasteiger partial charge in [0.05, 0.1) is 7.11 Å². The predicted octanol–water partition coefficient (Wildman–Crippen LogP) is 2.97. The van der Waals surface area contributed by atoms with E-state index in [0.29, 0.717) is 6.04 Å². The van der Waals surface area contributed by atoms with Crippen LogP contribution in [0.1, 0.15) is 11.6 Å². The molecule has 0 amide bonds. The lowest BCUT2D eigenvalue weighted by molar-refractivity contribution is 0.414. The highest BCUT2D eigenvalue weighted by Crippen LogP contribution is 2.28. The monoisotopic (exact) mass is 245 g/mol. The molecule has 0 heterocycles. The van der Waals surface area contributed by atoms with Crippen LogP contribution in [0, 0.1) is 0 Å². The fourth-order valence-electron chi connectivity index (χ4n) is 1.41. The fourth-order valence-corrected chi connectivity index (χ4v) is 2.39. The first-order valence-electron chi connectivity index (χ1n) is 4.72. The van der Waals surface area contributed by atoms with E-state index in [2.05, 4.69) is 11.6 Å². The van der Waals surface area contributed by atoms with Crippen LogP contribution in [0.15, 0.2) is 18.2 Å². The van der Waals surface area contributed by atoms with Gasteiger partial charge in [-0.05, 0) is 31.0 Å². The van der Waals surface area contributed by atoms with Crippen molar-refractivity contribution in [2.75, 3.05) is 26.2 Å². The Kier molecular flexibility index (Phi) is 5.29. The number of methoxy groups -OCH3 is 1. The van der Waals surface area contributed by atoms with Crippen LogP contribution in [0.4, 0.5) is 0 Å². The van der Waals surface area contributed by atoms with Crippen molar-refractivity contribution in [1.82, 2.24) is 5.32 Å². The molecule has 1 N–H and O–H groups in total. The van der Waals surface area contributed by atoms with Crippen molar-refractivity contribution < 1.29 is 4.74 Å². The second-order valence-corrected chi connectivity index (χ2v) is 4.50. The zero-order chi connectivity index (χ0) is 11.3. The normalized spacial score (nSPS) is 12.5. The predicted molar refractivity (Wildman–Crippen MR) is 68.2 cm³/mol. The summed E-state index contributed by atoms with van der Waals surface area (Å²) in [4.78, 5) is 0. The second-order valence-electron chi connectivity index (χ2n) is 3.18. The number of nitrogens with one attached hydrogen (secondary N) is 1. The van der Waals surface area contributed by atoms with Crippen LogP contribution in [0.2, 0.25) is 5.02 Å². The Morgan fingerprint density at radius 1 is 1.53 bits per heavy atom. The Balaban J connectivity index is 2.92. The van der Waals surface area contributed by atoms with Crippen molar-refractivity contribution in [1.29, 1.82) is 0 Å². The molecule has 0 fully saturated rings. The van der Waals surface area contributed by atoms with Gasteiger partial charge in [0.15, 0.2) is 0 Å². The summed E-state index contributed by atoms with van der Waals surface area (Å²) < 4.78 is 5.11. The number of hydrogen-bond donors (Lipinski definition) is 1. The molecule has 0 saturated carbocycles. The topological polar surface area (TPSA) is 21.3 Å². The third-order valence-corrected chi connectivity index (χ3v) is 3.26. The van der Waals surface area contributed by atoms with Gasteiger partial charge in [0, 0.05) is 16.8 Å². The van der Waals surface area contributed by atoms with Crippen LogP contribution in [0.25, 0.3) is 0 Å². The lowest BCUT2D eigenvalue weighted by atomic mass is 10.1. The van der Waals surface area contributed by atoms with E-state index in [1.165, 1.54) is 0 Å². The first-order valence-corrected chi connectivity index (χ1v) is 6.49. The summed E-state index contributed by atoms with van der Waals surface area (Å²) in [5, 5.41) is 4.00. The molecule has 0 aliphatic heterocycles. The van der Waals surface area contributed by atoms with Crippen molar-refractivity contribution in [3.05, 3.63) is 28.8 Å². The van der Waals surface area contributed by atoms with Crippen LogP contribution in [-0.4, -0.2) is 26.2 Å². The van der Waals surface area contributed by atoms with E-state index < -0.39 is 0 Å². The first-order chi connectivity index (χ1) is 7.22. The van der Waals surface area contributed by atoms with Gasteiger partial charge in [-0.1, -0.05) is 17.7 Å². The molecule has 2 nitrogen and oxygen atoms in total. The lowest BCUT2D eigenvalue weighted by Crippen LogP contribution is -2.18. The minimum absolute atomic E-state index is 0.290. The Bertz CT molecular complexity index is 319. The molecular formula is C11H16ClNOS. The van der Waals surface area contributed by atoms with Crippen molar-refractivity contribution in [3.63, 3.8) is 0 Å². The minimum atomic E-state index is 0.290. The molecule has 1 unspecified atom stereocenters. The van der Waals surface area contributed by atoms with Crippen LogP contribution < -0.4 is 10.1 Å². The number of hydrogen-bond acceptors (Lipinski definition) is 3. The number of rotatable bonds is 5. The van der Waals surface area contributed by atoms with E-state index in [4.69, 9.17) is 16.3 Å². The van der Waals surface area contributed by atoms with Crippen LogP contribution in [0.5, 0.6) is 5.75 Å². The van der Waals surface area contributed by atoms with Gasteiger partial charge in [0.25, 0.3) is 0 Å². The average molecular weight is 246 g/mol. The van der Waals surface area contributed by atoms with Crippen molar-refractivity contribution >= 4 is 23.4 Å². The van der Waals surface area contributed by atoms with E-state index in [-0.39, 0.29) is 0 Å². The molecular weight excluding hydrogens is 230 g/mol. The van der Waals surface area contributed by atoms with Crippen LogP contribution >= 0.6 is 23.4 Å². The van der Waals surface area contributed by atoms with E-state index in [1.54, 1.807) is 18.9 Å². The third kappa shape index (κ3) is 3.30. The van der Waals surface area contributed by atoms with Gasteiger partial charge in [-0.3, -0.25) is 0 Å². The molecule has 4 heteroatoms. The number of thioether (sulfide) groups is 1. The summed E-state index contributed by atoms with van der Waals surface area (Å²) in [6, 6.07) is 6.09. The number of halogens is 1. The van der Waals surface area contributed by atoms with E-state index in [0.717, 1.165) is 22.1 Å². The Morgan fingerprint density at radius 2 is 2.27 bits per heavy atom. The minimum Gasteiger partial charge on any atom is -0.497 e. The van der Waals surface area contributed by atoms with Crippen molar-refractivity contribution in [2.45, 2.75) is 6.04 Å². The molecule has 1 rings (SSSR count). The summed E-state index contributed by atoms with van der Waals surface area (Å²) in [5.41, 5.74) is 1.12. The Morgan fingerprint density at radius 3 is 2.73 bits per heavy atom. The molecule has 0 radical (unpaired) electrons. The standard InChI is InChI=1S/C11H16ClNOS/c1-13-11(7-15-3)9-5-4-8(14-2)6-10(9)12/h4-6,11,13H,7H2,1-3H3. The molecule has 0 saturated heterocycles. The van der Waals surface area contributed by atoms with Crippen LogP contribution in [0.3, 0.4) is 0 Å². The zero-order valence-corrected chi connectivity index (χ0v) is 10.8. The lowest BCUT2D eigenvalue weighted by Gasteiger charge is -2.17. The summed E-state index contributed by atoms with van der Waals surface area (Å²) in [7, 11) is 3.59. The highest BCUT2D eigenvalue weighted by molar-refractivity contribution is 7.98. The van der Waals surface area contributed by atoms with Gasteiger partial charge in [-0.2, -0.15) is 11.8 Å². The highest BCUT2D eigenvalue weighted by Gasteiger charge is 2.12. The average Bonchev–Trinajstić information content (AvgIpc) is 2.26. The Hall–Kier alpha value is -0.380. The van der Waals surface area contributed by atoms with Gasteiger partial charge in [-0.15, -0.1) is 0 Å². The maximum atomic E-state index is 6.19. The van der Waals surface area contributed by atoms with Gasteiger partial charge < -0.3 is 10.1 Å². The summed E-state index contributed by atoms with van der Waals surface area (Å²) in [6.45, 7) is 0. The molecule has 1 aromatic carbocycles. The largest absolute Gasteiger partial charge is 0.497 e. The summed E-state index contributed by atoms with van der Waals surface area (Å²) >= 11 is 7.98. The Labute approximate surface area is 100 Å². The molecule has 84 valence electrons. The van der Waals surface area contributed by atoms with Gasteiger partial charge >= 0.3 is 0 Å². The smallest absolute Gasteiger partial charge is 0.120 e. The molecule has 0 aliphatic carbocycles. The number of ether oxygens (including phenoxy) is 1. The quantitative estimate of drug-likeness (QED) is 0.862. The molecule has 0 aromatic heterocycles. The van der Waals surface area contributed by atoms with E-state index in [1.807, 2.05) is 25.2 Å². The second kappa shape index (κ2) is 6.26. The number of benzene rings is 1. The molecule has 0 spiro atoms. The SMILES string of the molecule is CNC(CSC)c1ccc(OC)cc1Cl. The molecule has 15 heavy (non-hydrogen) atoms. The van der Waals surface area contributed by atoms with Gasteiger partial charge in [-0.25, -0.2) is 0 Å². The summed E-state index contributed by atoms with van der Waals surface area (Å²) in [5.74, 6) is 1.80. The molecule has 0 bridgehead atoms. The fraction of sp³-hybridized carbons (Fsp3) is 0.455. The van der Waals surface area contributed by atoms with Crippen molar-refractivity contribution in [3.8, 4) is 5.75 Å². The van der Waals surface area contributed by atoms with Gasteiger partial charge in [0.2, 0.25) is 0 Å². The van der Waals surface area contributed by atoms with E-state index >= 15 is 0 Å². The molecule has 1 aromatic rings. The maximum absolute atomic E-state index is 6.19. The zero-order valence-electron chi connectivity index (χ0n) is 9.21. The first kappa shape index (κ1) is 12.7. The van der Waals surface area contributed by atoms with E-state index in [9.17, 15) is 0 Å². The highest BCUT2D eigenvalue weighted by atomic mass is 35.5. The molecule has 0 aliphatic rings. The van der Waals surface area contributed by atoms with Crippen LogP contribution in [-0.2, 0) is 0 Å². The van der Waals surface area contributed by atoms with Crippen molar-refractivity contribution in [2.24, 2.45) is 0 Å². The summed E-state index contributed by atoms with van der Waals surface area (Å²) in [6.07, 6.45) is 2.09.